The minimum atomic E-state index is -1.45. The number of carboxylic acids is 1. The average molecular weight is 1050 g/mol. The fourth-order valence-corrected chi connectivity index (χ4v) is 7.58. The number of hydrogen-bond donors (Lipinski definition) is 5. The molecule has 2 fully saturated rings. The van der Waals surface area contributed by atoms with E-state index >= 15 is 0 Å². The molecule has 25 heteroatoms. The number of nitrogens with one attached hydrogen (secondary N) is 3. The van der Waals surface area contributed by atoms with E-state index in [2.05, 4.69) is 46.5 Å². The molecule has 2 unspecified atom stereocenters. The van der Waals surface area contributed by atoms with Crippen LogP contribution in [0.25, 0.3) is 0 Å². The largest absolute Gasteiger partial charge is 0.476 e. The Bertz CT molecular complexity index is 2990. The second kappa shape index (κ2) is 27.4. The molecule has 2 saturated carbocycles. The van der Waals surface area contributed by atoms with E-state index < -0.39 is 47.0 Å². The number of amides is 3. The first-order chi connectivity index (χ1) is 35.9. The zero-order valence-corrected chi connectivity index (χ0v) is 41.5. The van der Waals surface area contributed by atoms with Gasteiger partial charge in [0, 0.05) is 75.2 Å². The van der Waals surface area contributed by atoms with E-state index in [1.807, 2.05) is 38.1 Å². The molecule has 8 rings (SSSR count). The Morgan fingerprint density at radius 3 is 1.55 bits per heavy atom. The maximum absolute atomic E-state index is 14.6. The third-order valence-corrected chi connectivity index (χ3v) is 12.5. The summed E-state index contributed by atoms with van der Waals surface area (Å²) in [5.41, 5.74) is 6.67. The van der Waals surface area contributed by atoms with Gasteiger partial charge in [-0.1, -0.05) is 35.4 Å². The van der Waals surface area contributed by atoms with Crippen LogP contribution in [0, 0.1) is 37.3 Å². The van der Waals surface area contributed by atoms with Crippen molar-refractivity contribution in [2.24, 2.45) is 17.6 Å². The van der Waals surface area contributed by atoms with Crippen molar-refractivity contribution in [2.75, 3.05) is 10.6 Å². The number of halogens is 4. The maximum atomic E-state index is 14.6. The summed E-state index contributed by atoms with van der Waals surface area (Å²) in [5, 5.41) is 30.8. The molecule has 0 spiro atoms. The molecule has 0 saturated heterocycles. The maximum Gasteiger partial charge on any atom is 0.358 e. The summed E-state index contributed by atoms with van der Waals surface area (Å²) in [4.78, 5) is 79.7. The standard InChI is InChI=1S/C25H29F2N7O3.C18H21F2N5O4.C7H10N2/c1-16-5-6-18(12-28-16)13-29-24(36)21-15-34(32-31-21)14-19(26)7-9-33-10-8-20(23(27)25(33)37)30-22(35)11-17-3-2-4-17;19-12(9-25-10-14(18(28)29)22-23-25)4-6-24-7-5-13(16(20)17(24)27)21-15(26)8-11-2-1-3-11;1-6-2-3-7(4-8)5-9-6/h5-6,8,10,12,15,17,19H,2-4,7,9,11,13-14H2,1H3,(H,29,36)(H,30,35);5,7,10-12H,1-4,6,8-9H2,(H,21,26)(H,28,29);2-3,5H,4,8H2,1H3. The Morgan fingerprint density at radius 2 is 1.15 bits per heavy atom. The van der Waals surface area contributed by atoms with Crippen molar-refractivity contribution in [3.63, 3.8) is 0 Å². The summed E-state index contributed by atoms with van der Waals surface area (Å²) in [5.74, 6) is -3.91. The zero-order valence-electron chi connectivity index (χ0n) is 41.5. The highest BCUT2D eigenvalue weighted by atomic mass is 19.1. The van der Waals surface area contributed by atoms with Crippen molar-refractivity contribution in [3.05, 3.63) is 140 Å². The monoisotopic (exact) mass is 1040 g/mol. The summed E-state index contributed by atoms with van der Waals surface area (Å²) in [7, 11) is 0. The molecule has 2 aliphatic carbocycles. The van der Waals surface area contributed by atoms with Crippen LogP contribution in [0.3, 0.4) is 0 Å². The normalized spacial score (nSPS) is 13.9. The number of pyridine rings is 4. The minimum absolute atomic E-state index is 0.0421. The van der Waals surface area contributed by atoms with Gasteiger partial charge in [0.05, 0.1) is 36.9 Å². The van der Waals surface area contributed by atoms with Gasteiger partial charge in [-0.2, -0.15) is 8.78 Å². The highest BCUT2D eigenvalue weighted by Gasteiger charge is 2.24. The molecule has 21 nitrogen and oxygen atoms in total. The van der Waals surface area contributed by atoms with Crippen molar-refractivity contribution in [2.45, 2.75) is 130 Å². The number of nitrogens with zero attached hydrogens (tertiary/aromatic N) is 10. The fraction of sp³-hybridized carbons (Fsp3) is 0.440. The molecular formula is C50H60F4N14O7. The van der Waals surface area contributed by atoms with Crippen molar-refractivity contribution < 1.29 is 41.8 Å². The molecule has 6 N–H and O–H groups in total. The van der Waals surface area contributed by atoms with Crippen LogP contribution in [-0.4, -0.2) is 90.2 Å². The topological polar surface area (TPSA) is 282 Å². The SMILES string of the molecule is Cc1ccc(CN)cn1.Cc1ccc(CNC(=O)c2cn(CC(F)CCn3ccc(NC(=O)CC4CCC4)c(F)c3=O)nn2)cn1.O=C(CC1CCC1)Nc1ccn(CCC(F)Cn2cc(C(=O)O)nn2)c(=O)c1F. The van der Waals surface area contributed by atoms with Crippen LogP contribution in [0.4, 0.5) is 28.9 Å². The second-order valence-electron chi connectivity index (χ2n) is 18.4. The molecule has 6 aromatic rings. The first-order valence-corrected chi connectivity index (χ1v) is 24.4. The summed E-state index contributed by atoms with van der Waals surface area (Å²) in [6, 6.07) is 10.2. The number of carbonyl (C=O) groups excluding carboxylic acids is 3. The van der Waals surface area contributed by atoms with Gasteiger partial charge < -0.3 is 35.9 Å². The number of hydrogen-bond acceptors (Lipinski definition) is 13. The van der Waals surface area contributed by atoms with E-state index in [0.29, 0.717) is 31.2 Å². The predicted octanol–water partition coefficient (Wildman–Crippen LogP) is 5.45. The zero-order chi connectivity index (χ0) is 54.0. The number of aryl methyl sites for hydroxylation is 4. The Balaban J connectivity index is 0.000000213. The van der Waals surface area contributed by atoms with Gasteiger partial charge in [-0.05, 0) is 99.6 Å². The molecule has 0 bridgehead atoms. The lowest BCUT2D eigenvalue weighted by Crippen LogP contribution is -2.27. The minimum Gasteiger partial charge on any atom is -0.476 e. The molecule has 0 aromatic carbocycles. The summed E-state index contributed by atoms with van der Waals surface area (Å²) in [6.45, 7) is 4.08. The van der Waals surface area contributed by atoms with E-state index in [-0.39, 0.29) is 80.1 Å². The van der Waals surface area contributed by atoms with Crippen molar-refractivity contribution in [1.29, 1.82) is 0 Å². The quantitative estimate of drug-likeness (QED) is 0.0561. The summed E-state index contributed by atoms with van der Waals surface area (Å²) >= 11 is 0. The van der Waals surface area contributed by atoms with E-state index in [0.717, 1.165) is 81.1 Å². The number of nitrogens with two attached hydrogens (primary N) is 1. The molecule has 75 heavy (non-hydrogen) atoms. The molecule has 3 amide bonds. The molecule has 0 aliphatic heterocycles. The predicted molar refractivity (Wildman–Crippen MR) is 266 cm³/mol. The molecule has 6 aromatic heterocycles. The Kier molecular flexibility index (Phi) is 20.6. The average Bonchev–Trinajstić information content (AvgIpc) is 4.04. The van der Waals surface area contributed by atoms with Crippen LogP contribution in [0.1, 0.15) is 108 Å². The number of alkyl halides is 2. The van der Waals surface area contributed by atoms with Gasteiger partial charge in [-0.25, -0.2) is 22.9 Å². The van der Waals surface area contributed by atoms with Gasteiger partial charge in [0.15, 0.2) is 11.4 Å². The third-order valence-electron chi connectivity index (χ3n) is 12.5. The van der Waals surface area contributed by atoms with Gasteiger partial charge in [-0.3, -0.25) is 33.9 Å². The third kappa shape index (κ3) is 17.3. The van der Waals surface area contributed by atoms with Crippen LogP contribution < -0.4 is 32.8 Å². The van der Waals surface area contributed by atoms with E-state index in [4.69, 9.17) is 10.8 Å². The van der Waals surface area contributed by atoms with Gasteiger partial charge in [0.2, 0.25) is 23.4 Å². The number of carboxylic acid groups (broad SMARTS) is 1. The second-order valence-corrected chi connectivity index (χ2v) is 18.4. The molecule has 400 valence electrons. The Morgan fingerprint density at radius 1 is 0.693 bits per heavy atom. The van der Waals surface area contributed by atoms with Crippen LogP contribution in [-0.2, 0) is 48.9 Å². The first-order valence-electron chi connectivity index (χ1n) is 24.4. The van der Waals surface area contributed by atoms with Crippen LogP contribution in [0.2, 0.25) is 0 Å². The van der Waals surface area contributed by atoms with E-state index in [1.165, 1.54) is 35.4 Å². The lowest BCUT2D eigenvalue weighted by molar-refractivity contribution is -0.118. The first kappa shape index (κ1) is 56.3. The molecular weight excluding hydrogens is 985 g/mol. The van der Waals surface area contributed by atoms with E-state index in [9.17, 15) is 46.3 Å². The highest BCUT2D eigenvalue weighted by Crippen LogP contribution is 2.30. The lowest BCUT2D eigenvalue weighted by atomic mass is 9.83. The van der Waals surface area contributed by atoms with Crippen LogP contribution in [0.5, 0.6) is 0 Å². The molecule has 0 radical (unpaired) electrons. The fourth-order valence-electron chi connectivity index (χ4n) is 7.58. The molecule has 6 heterocycles. The highest BCUT2D eigenvalue weighted by molar-refractivity contribution is 5.92. The van der Waals surface area contributed by atoms with Crippen molar-refractivity contribution in [1.82, 2.24) is 54.4 Å². The lowest BCUT2D eigenvalue weighted by Gasteiger charge is -2.24. The molecule has 2 aliphatic rings. The number of aromatic nitrogens is 10. The van der Waals surface area contributed by atoms with Crippen LogP contribution in [0.15, 0.2) is 83.2 Å². The summed E-state index contributed by atoms with van der Waals surface area (Å²) in [6.07, 6.45) is 12.2. The van der Waals surface area contributed by atoms with Gasteiger partial charge in [0.1, 0.15) is 12.3 Å². The Hall–Kier alpha value is -7.96. The van der Waals surface area contributed by atoms with E-state index in [1.54, 1.807) is 12.4 Å². The number of aromatic carboxylic acids is 1. The van der Waals surface area contributed by atoms with Crippen molar-refractivity contribution in [3.8, 4) is 0 Å². The van der Waals surface area contributed by atoms with Crippen molar-refractivity contribution >= 4 is 35.1 Å². The van der Waals surface area contributed by atoms with Gasteiger partial charge in [-0.15, -0.1) is 10.2 Å². The van der Waals surface area contributed by atoms with Gasteiger partial charge in [0.25, 0.3) is 17.0 Å². The number of rotatable bonds is 21. The number of carbonyl (C=O) groups is 4. The van der Waals surface area contributed by atoms with Crippen LogP contribution >= 0.6 is 0 Å². The summed E-state index contributed by atoms with van der Waals surface area (Å²) < 4.78 is 61.8. The molecule has 2 atom stereocenters. The van der Waals surface area contributed by atoms with Gasteiger partial charge >= 0.3 is 5.97 Å². The number of anilines is 2. The smallest absolute Gasteiger partial charge is 0.358 e. The Labute approximate surface area is 428 Å².